The molecular formula is C15H22FNO2. The second kappa shape index (κ2) is 5.88. The predicted octanol–water partition coefficient (Wildman–Crippen LogP) is 2.65. The summed E-state index contributed by atoms with van der Waals surface area (Å²) in [6.45, 7) is 2.42. The molecule has 0 bridgehead atoms. The molecule has 19 heavy (non-hydrogen) atoms. The van der Waals surface area contributed by atoms with Gasteiger partial charge in [-0.3, -0.25) is 0 Å². The summed E-state index contributed by atoms with van der Waals surface area (Å²) in [5.74, 6) is -0.0558. The average Bonchev–Trinajstić information content (AvgIpc) is 2.36. The van der Waals surface area contributed by atoms with E-state index >= 15 is 0 Å². The molecule has 4 heteroatoms. The highest BCUT2D eigenvalue weighted by Gasteiger charge is 2.43. The van der Waals surface area contributed by atoms with Crippen molar-refractivity contribution >= 4 is 0 Å². The van der Waals surface area contributed by atoms with Crippen LogP contribution < -0.4 is 10.1 Å². The molecule has 2 N–H and O–H groups in total. The molecule has 3 nitrogen and oxygen atoms in total. The van der Waals surface area contributed by atoms with E-state index in [1.54, 1.807) is 6.07 Å². The standard InChI is InChI=1S/C15H22FNO2/c1-3-19-13-6-5-11(9-12(13)16)14(17-2)15(10-18)7-4-8-15/h5-6,9,14,17-18H,3-4,7-8,10H2,1-2H3. The Morgan fingerprint density at radius 1 is 1.47 bits per heavy atom. The number of ether oxygens (including phenoxy) is 1. The van der Waals surface area contributed by atoms with Crippen molar-refractivity contribution in [3.05, 3.63) is 29.6 Å². The van der Waals surface area contributed by atoms with Crippen molar-refractivity contribution in [1.82, 2.24) is 5.32 Å². The SMILES string of the molecule is CCOc1ccc(C(NC)C2(CO)CCC2)cc1F. The number of benzene rings is 1. The van der Waals surface area contributed by atoms with Gasteiger partial charge in [-0.25, -0.2) is 4.39 Å². The molecule has 0 radical (unpaired) electrons. The van der Waals surface area contributed by atoms with Gasteiger partial charge in [0.1, 0.15) is 0 Å². The Kier molecular flexibility index (Phi) is 4.42. The van der Waals surface area contributed by atoms with Crippen molar-refractivity contribution in [2.24, 2.45) is 5.41 Å². The fraction of sp³-hybridized carbons (Fsp3) is 0.600. The predicted molar refractivity (Wildman–Crippen MR) is 72.7 cm³/mol. The molecule has 0 amide bonds. The second-order valence-electron chi connectivity index (χ2n) is 5.22. The van der Waals surface area contributed by atoms with Crippen LogP contribution in [0.25, 0.3) is 0 Å². The van der Waals surface area contributed by atoms with Gasteiger partial charge in [0.05, 0.1) is 13.2 Å². The van der Waals surface area contributed by atoms with Crippen molar-refractivity contribution in [1.29, 1.82) is 0 Å². The number of aliphatic hydroxyl groups excluding tert-OH is 1. The zero-order chi connectivity index (χ0) is 13.9. The molecule has 1 aromatic carbocycles. The molecule has 1 aliphatic carbocycles. The van der Waals surface area contributed by atoms with E-state index < -0.39 is 0 Å². The van der Waals surface area contributed by atoms with E-state index in [2.05, 4.69) is 5.32 Å². The molecule has 0 aromatic heterocycles. The summed E-state index contributed by atoms with van der Waals surface area (Å²) in [5.41, 5.74) is 0.728. The smallest absolute Gasteiger partial charge is 0.165 e. The molecule has 0 heterocycles. The van der Waals surface area contributed by atoms with Crippen LogP contribution >= 0.6 is 0 Å². The van der Waals surface area contributed by atoms with Crippen LogP contribution in [0.15, 0.2) is 18.2 Å². The fourth-order valence-electron chi connectivity index (χ4n) is 2.96. The lowest BCUT2D eigenvalue weighted by molar-refractivity contribution is 0.00772. The largest absolute Gasteiger partial charge is 0.491 e. The molecular weight excluding hydrogens is 245 g/mol. The number of halogens is 1. The quantitative estimate of drug-likeness (QED) is 0.832. The summed E-state index contributed by atoms with van der Waals surface area (Å²) in [5, 5.41) is 12.9. The van der Waals surface area contributed by atoms with Crippen LogP contribution in [-0.2, 0) is 0 Å². The molecule has 106 valence electrons. The van der Waals surface area contributed by atoms with Gasteiger partial charge in [-0.15, -0.1) is 0 Å². The van der Waals surface area contributed by atoms with Crippen molar-refractivity contribution in [3.63, 3.8) is 0 Å². The minimum absolute atomic E-state index is 0.0172. The summed E-state index contributed by atoms with van der Waals surface area (Å²) < 4.78 is 19.1. The maximum absolute atomic E-state index is 13.9. The molecule has 0 saturated heterocycles. The van der Waals surface area contributed by atoms with Gasteiger partial charge in [-0.1, -0.05) is 12.5 Å². The fourth-order valence-corrected chi connectivity index (χ4v) is 2.96. The highest BCUT2D eigenvalue weighted by atomic mass is 19.1. The van der Waals surface area contributed by atoms with E-state index in [-0.39, 0.29) is 29.6 Å². The molecule has 1 unspecified atom stereocenters. The molecule has 0 spiro atoms. The monoisotopic (exact) mass is 267 g/mol. The van der Waals surface area contributed by atoms with Gasteiger partial charge in [0.15, 0.2) is 11.6 Å². The lowest BCUT2D eigenvalue weighted by Gasteiger charge is -2.46. The Morgan fingerprint density at radius 2 is 2.21 bits per heavy atom. The van der Waals surface area contributed by atoms with Crippen LogP contribution in [0.3, 0.4) is 0 Å². The summed E-state index contributed by atoms with van der Waals surface area (Å²) >= 11 is 0. The van der Waals surface area contributed by atoms with E-state index in [1.807, 2.05) is 20.0 Å². The maximum Gasteiger partial charge on any atom is 0.165 e. The Bertz CT molecular complexity index is 427. The van der Waals surface area contributed by atoms with Gasteiger partial charge in [-0.05, 0) is 44.5 Å². The number of rotatable bonds is 6. The zero-order valence-corrected chi connectivity index (χ0v) is 11.6. The van der Waals surface area contributed by atoms with Gasteiger partial charge in [-0.2, -0.15) is 0 Å². The van der Waals surface area contributed by atoms with Crippen molar-refractivity contribution in [3.8, 4) is 5.75 Å². The highest BCUT2D eigenvalue weighted by Crippen LogP contribution is 2.49. The van der Waals surface area contributed by atoms with Crippen LogP contribution in [0.4, 0.5) is 4.39 Å². The van der Waals surface area contributed by atoms with Gasteiger partial charge >= 0.3 is 0 Å². The third-order valence-electron chi connectivity index (χ3n) is 4.15. The molecule has 0 aliphatic heterocycles. The third kappa shape index (κ3) is 2.60. The first kappa shape index (κ1) is 14.3. The number of aliphatic hydroxyl groups is 1. The van der Waals surface area contributed by atoms with Gasteiger partial charge < -0.3 is 15.2 Å². The normalized spacial score (nSPS) is 18.7. The maximum atomic E-state index is 13.9. The van der Waals surface area contributed by atoms with Crippen LogP contribution in [0.5, 0.6) is 5.75 Å². The first-order valence-electron chi connectivity index (χ1n) is 6.87. The zero-order valence-electron chi connectivity index (χ0n) is 11.6. The number of hydrogen-bond acceptors (Lipinski definition) is 3. The average molecular weight is 267 g/mol. The molecule has 1 atom stereocenters. The van der Waals surface area contributed by atoms with Crippen LogP contribution in [0.1, 0.15) is 37.8 Å². The Labute approximate surface area is 113 Å². The Morgan fingerprint density at radius 3 is 2.63 bits per heavy atom. The first-order chi connectivity index (χ1) is 9.16. The van der Waals surface area contributed by atoms with E-state index in [0.29, 0.717) is 6.61 Å². The molecule has 1 saturated carbocycles. The van der Waals surface area contributed by atoms with Crippen LogP contribution in [-0.4, -0.2) is 25.4 Å². The van der Waals surface area contributed by atoms with Crippen LogP contribution in [0, 0.1) is 11.2 Å². The van der Waals surface area contributed by atoms with E-state index in [1.165, 1.54) is 6.07 Å². The van der Waals surface area contributed by atoms with Gasteiger partial charge in [0.2, 0.25) is 0 Å². The van der Waals surface area contributed by atoms with Crippen molar-refractivity contribution in [2.45, 2.75) is 32.2 Å². The summed E-state index contributed by atoms with van der Waals surface area (Å²) in [4.78, 5) is 0. The lowest BCUT2D eigenvalue weighted by Crippen LogP contribution is -2.44. The minimum atomic E-state index is -0.341. The Balaban J connectivity index is 2.26. The third-order valence-corrected chi connectivity index (χ3v) is 4.15. The second-order valence-corrected chi connectivity index (χ2v) is 5.22. The van der Waals surface area contributed by atoms with E-state index in [9.17, 15) is 9.50 Å². The topological polar surface area (TPSA) is 41.5 Å². The van der Waals surface area contributed by atoms with Crippen LogP contribution in [0.2, 0.25) is 0 Å². The summed E-state index contributed by atoms with van der Waals surface area (Å²) in [6, 6.07) is 5.05. The molecule has 2 rings (SSSR count). The Hall–Kier alpha value is -1.13. The highest BCUT2D eigenvalue weighted by molar-refractivity contribution is 5.32. The van der Waals surface area contributed by atoms with Gasteiger partial charge in [0.25, 0.3) is 0 Å². The van der Waals surface area contributed by atoms with Gasteiger partial charge in [0, 0.05) is 11.5 Å². The number of hydrogen-bond donors (Lipinski definition) is 2. The van der Waals surface area contributed by atoms with Crippen molar-refractivity contribution in [2.75, 3.05) is 20.3 Å². The lowest BCUT2D eigenvalue weighted by atomic mass is 9.63. The van der Waals surface area contributed by atoms with E-state index in [4.69, 9.17) is 4.74 Å². The molecule has 1 aromatic rings. The van der Waals surface area contributed by atoms with Crippen molar-refractivity contribution < 1.29 is 14.2 Å². The van der Waals surface area contributed by atoms with E-state index in [0.717, 1.165) is 24.8 Å². The summed E-state index contributed by atoms with van der Waals surface area (Å²) in [6.07, 6.45) is 3.08. The first-order valence-corrected chi connectivity index (χ1v) is 6.87. The summed E-state index contributed by atoms with van der Waals surface area (Å²) in [7, 11) is 1.86. The number of nitrogens with one attached hydrogen (secondary N) is 1. The molecule has 1 fully saturated rings. The molecule has 1 aliphatic rings. The minimum Gasteiger partial charge on any atom is -0.491 e.